The molecule has 158 valence electrons. The predicted molar refractivity (Wildman–Crippen MR) is 113 cm³/mol. The number of nitrogens with one attached hydrogen (secondary N) is 3. The van der Waals surface area contributed by atoms with E-state index < -0.39 is 11.1 Å². The fraction of sp³-hybridized carbons (Fsp3) is 0.955. The molecular formula is C22H44N4O. The zero-order valence-electron chi connectivity index (χ0n) is 19.2. The molecule has 5 unspecified atom stereocenters. The normalized spacial score (nSPS) is 40.8. The first-order chi connectivity index (χ1) is 12.1. The van der Waals surface area contributed by atoms with Crippen molar-refractivity contribution in [1.29, 1.82) is 0 Å². The topological polar surface area (TPSA) is 79.2 Å². The van der Waals surface area contributed by atoms with Crippen LogP contribution >= 0.6 is 0 Å². The van der Waals surface area contributed by atoms with Gasteiger partial charge < -0.3 is 16.4 Å². The van der Waals surface area contributed by atoms with Crippen molar-refractivity contribution in [2.75, 3.05) is 6.54 Å². The molecule has 2 fully saturated rings. The van der Waals surface area contributed by atoms with Gasteiger partial charge in [-0.25, -0.2) is 0 Å². The van der Waals surface area contributed by atoms with E-state index in [2.05, 4.69) is 71.3 Å². The largest absolute Gasteiger partial charge is 0.338 e. The molecule has 0 radical (unpaired) electrons. The summed E-state index contributed by atoms with van der Waals surface area (Å²) in [6.07, 6.45) is 4.09. The van der Waals surface area contributed by atoms with Crippen LogP contribution in [0.5, 0.6) is 0 Å². The van der Waals surface area contributed by atoms with Crippen LogP contribution in [-0.2, 0) is 4.79 Å². The predicted octanol–water partition coefficient (Wildman–Crippen LogP) is 3.14. The Morgan fingerprint density at radius 2 is 1.44 bits per heavy atom. The Kier molecular flexibility index (Phi) is 5.87. The summed E-state index contributed by atoms with van der Waals surface area (Å²) in [7, 11) is 0. The highest BCUT2D eigenvalue weighted by molar-refractivity contribution is 5.85. The number of amides is 1. The smallest absolute Gasteiger partial charge is 0.230 e. The first kappa shape index (κ1) is 22.6. The number of hydrogen-bond donors (Lipinski definition) is 4. The number of rotatable bonds is 4. The van der Waals surface area contributed by atoms with Crippen LogP contribution < -0.4 is 21.7 Å². The molecule has 0 aromatic rings. The van der Waals surface area contributed by atoms with Gasteiger partial charge in [0, 0.05) is 23.2 Å². The van der Waals surface area contributed by atoms with E-state index in [9.17, 15) is 4.79 Å². The molecule has 2 aliphatic rings. The van der Waals surface area contributed by atoms with Crippen molar-refractivity contribution in [2.45, 2.75) is 110 Å². The highest BCUT2D eigenvalue weighted by atomic mass is 16.2. The SMILES string of the molecule is CC1CC(C)(C)NC(C)(NC(=O)C(C)(CN)C2(C)CC(C)CC(C)(C)N2)C1. The molecule has 2 saturated heterocycles. The molecule has 0 aromatic heterocycles. The van der Waals surface area contributed by atoms with Gasteiger partial charge in [0.1, 0.15) is 0 Å². The van der Waals surface area contributed by atoms with Gasteiger partial charge >= 0.3 is 0 Å². The van der Waals surface area contributed by atoms with Gasteiger partial charge in [-0.1, -0.05) is 13.8 Å². The molecule has 5 heteroatoms. The van der Waals surface area contributed by atoms with E-state index >= 15 is 0 Å². The second-order valence-electron chi connectivity index (χ2n) is 11.7. The summed E-state index contributed by atoms with van der Waals surface area (Å²) in [6, 6.07) is 0. The van der Waals surface area contributed by atoms with Crippen LogP contribution in [0.15, 0.2) is 0 Å². The Labute approximate surface area is 167 Å². The van der Waals surface area contributed by atoms with Gasteiger partial charge in [0.05, 0.1) is 11.1 Å². The molecule has 5 N–H and O–H groups in total. The lowest BCUT2D eigenvalue weighted by Gasteiger charge is -2.56. The van der Waals surface area contributed by atoms with Gasteiger partial charge in [-0.15, -0.1) is 0 Å². The lowest BCUT2D eigenvalue weighted by atomic mass is 9.62. The fourth-order valence-electron chi connectivity index (χ4n) is 6.38. The van der Waals surface area contributed by atoms with Crippen LogP contribution in [0, 0.1) is 17.3 Å². The van der Waals surface area contributed by atoms with Crippen LogP contribution in [0.4, 0.5) is 0 Å². The third-order valence-corrected chi connectivity index (χ3v) is 6.98. The quantitative estimate of drug-likeness (QED) is 0.604. The Hall–Kier alpha value is -0.650. The van der Waals surface area contributed by atoms with E-state index in [-0.39, 0.29) is 22.5 Å². The van der Waals surface area contributed by atoms with Gasteiger partial charge in [0.15, 0.2) is 0 Å². The zero-order valence-corrected chi connectivity index (χ0v) is 19.2. The molecule has 2 rings (SSSR count). The summed E-state index contributed by atoms with van der Waals surface area (Å²) in [5, 5.41) is 10.8. The number of piperidine rings is 2. The van der Waals surface area contributed by atoms with Crippen LogP contribution in [0.2, 0.25) is 0 Å². The molecule has 0 aromatic carbocycles. The highest BCUT2D eigenvalue weighted by Gasteiger charge is 2.55. The lowest BCUT2D eigenvalue weighted by molar-refractivity contribution is -0.140. The maximum absolute atomic E-state index is 13.6. The number of carbonyl (C=O) groups is 1. The van der Waals surface area contributed by atoms with Crippen molar-refractivity contribution in [2.24, 2.45) is 23.0 Å². The molecule has 2 heterocycles. The molecule has 0 bridgehead atoms. The van der Waals surface area contributed by atoms with E-state index in [0.717, 1.165) is 25.7 Å². The molecule has 0 aliphatic carbocycles. The molecular weight excluding hydrogens is 336 g/mol. The van der Waals surface area contributed by atoms with Crippen LogP contribution in [0.1, 0.15) is 88.0 Å². The summed E-state index contributed by atoms with van der Waals surface area (Å²) < 4.78 is 0. The fourth-order valence-corrected chi connectivity index (χ4v) is 6.38. The van der Waals surface area contributed by atoms with Crippen molar-refractivity contribution < 1.29 is 4.79 Å². The second-order valence-corrected chi connectivity index (χ2v) is 11.7. The monoisotopic (exact) mass is 380 g/mol. The minimum absolute atomic E-state index is 0.00229. The summed E-state index contributed by atoms with van der Waals surface area (Å²) >= 11 is 0. The van der Waals surface area contributed by atoms with Gasteiger partial charge in [-0.3, -0.25) is 10.1 Å². The number of nitrogens with two attached hydrogens (primary N) is 1. The molecule has 2 aliphatic heterocycles. The van der Waals surface area contributed by atoms with Crippen molar-refractivity contribution in [3.8, 4) is 0 Å². The third kappa shape index (κ3) is 4.68. The Balaban J connectivity index is 2.28. The zero-order chi connectivity index (χ0) is 20.9. The average molecular weight is 381 g/mol. The highest BCUT2D eigenvalue weighted by Crippen LogP contribution is 2.43. The van der Waals surface area contributed by atoms with Crippen molar-refractivity contribution in [1.82, 2.24) is 16.0 Å². The van der Waals surface area contributed by atoms with E-state index in [1.165, 1.54) is 0 Å². The minimum Gasteiger partial charge on any atom is -0.338 e. The van der Waals surface area contributed by atoms with Crippen LogP contribution in [-0.4, -0.2) is 34.7 Å². The molecule has 5 nitrogen and oxygen atoms in total. The van der Waals surface area contributed by atoms with Gasteiger partial charge in [-0.05, 0) is 86.0 Å². The minimum atomic E-state index is -0.686. The van der Waals surface area contributed by atoms with Crippen LogP contribution in [0.25, 0.3) is 0 Å². The molecule has 0 saturated carbocycles. The van der Waals surface area contributed by atoms with E-state index in [1.807, 2.05) is 6.92 Å². The van der Waals surface area contributed by atoms with Crippen molar-refractivity contribution >= 4 is 5.91 Å². The molecule has 0 spiro atoms. The maximum atomic E-state index is 13.6. The standard InChI is InChI=1S/C22H44N4O/c1-15-10-18(3,4)25-21(8,12-15)20(7,14-23)17(27)24-22(9)13-16(2)11-19(5,6)26-22/h15-16,25-26H,10-14,23H2,1-9H3,(H,24,27). The maximum Gasteiger partial charge on any atom is 0.230 e. The summed E-state index contributed by atoms with van der Waals surface area (Å²) in [4.78, 5) is 13.6. The van der Waals surface area contributed by atoms with Crippen LogP contribution in [0.3, 0.4) is 0 Å². The first-order valence-corrected chi connectivity index (χ1v) is 10.7. The lowest BCUT2D eigenvalue weighted by Crippen LogP contribution is -2.74. The second kappa shape index (κ2) is 7.00. The number of carbonyl (C=O) groups excluding carboxylic acids is 1. The van der Waals surface area contributed by atoms with E-state index in [1.54, 1.807) is 0 Å². The van der Waals surface area contributed by atoms with Crippen molar-refractivity contribution in [3.05, 3.63) is 0 Å². The molecule has 27 heavy (non-hydrogen) atoms. The summed E-state index contributed by atoms with van der Waals surface area (Å²) in [5.41, 5.74) is 4.81. The Bertz CT molecular complexity index is 575. The van der Waals surface area contributed by atoms with E-state index in [0.29, 0.717) is 18.4 Å². The van der Waals surface area contributed by atoms with Crippen molar-refractivity contribution in [3.63, 3.8) is 0 Å². The first-order valence-electron chi connectivity index (χ1n) is 10.7. The Morgan fingerprint density at radius 3 is 1.89 bits per heavy atom. The Morgan fingerprint density at radius 1 is 0.963 bits per heavy atom. The van der Waals surface area contributed by atoms with Gasteiger partial charge in [-0.2, -0.15) is 0 Å². The summed E-state index contributed by atoms with van der Waals surface area (Å²) in [6.45, 7) is 20.1. The molecule has 1 amide bonds. The molecule has 5 atom stereocenters. The average Bonchev–Trinajstić information content (AvgIpc) is 2.39. The third-order valence-electron chi connectivity index (χ3n) is 6.98. The van der Waals surface area contributed by atoms with E-state index in [4.69, 9.17) is 5.73 Å². The van der Waals surface area contributed by atoms with Gasteiger partial charge in [0.25, 0.3) is 0 Å². The summed E-state index contributed by atoms with van der Waals surface area (Å²) in [5.74, 6) is 1.15. The number of hydrogen-bond acceptors (Lipinski definition) is 4. The van der Waals surface area contributed by atoms with Gasteiger partial charge in [0.2, 0.25) is 5.91 Å².